The highest BCUT2D eigenvalue weighted by atomic mass is 35.5. The van der Waals surface area contributed by atoms with Crippen LogP contribution < -0.4 is 10.6 Å². The molecule has 88 valence electrons. The number of piperidine rings is 1. The summed E-state index contributed by atoms with van der Waals surface area (Å²) in [5, 5.41) is 6.42. The maximum atomic E-state index is 11.6. The van der Waals surface area contributed by atoms with Gasteiger partial charge in [-0.2, -0.15) is 0 Å². The standard InChI is InChI=1S/C11H20N2O.ClH/c14-11(13-10-2-1-3-10)8-9-4-6-12-7-5-9;/h9-10,12H,1-8H2,(H,13,14);1H. The van der Waals surface area contributed by atoms with E-state index in [2.05, 4.69) is 10.6 Å². The lowest BCUT2D eigenvalue weighted by Crippen LogP contribution is -2.41. The molecule has 0 radical (unpaired) electrons. The van der Waals surface area contributed by atoms with Gasteiger partial charge in [0.1, 0.15) is 0 Å². The SMILES string of the molecule is Cl.O=C(CC1CCNCC1)NC1CCC1. The first-order valence-electron chi connectivity index (χ1n) is 5.84. The van der Waals surface area contributed by atoms with E-state index in [0.717, 1.165) is 32.4 Å². The third kappa shape index (κ3) is 3.99. The van der Waals surface area contributed by atoms with Gasteiger partial charge in [-0.3, -0.25) is 4.79 Å². The van der Waals surface area contributed by atoms with E-state index in [1.54, 1.807) is 0 Å². The molecule has 0 unspecified atom stereocenters. The van der Waals surface area contributed by atoms with Gasteiger partial charge in [0.2, 0.25) is 5.91 Å². The minimum Gasteiger partial charge on any atom is -0.353 e. The highest BCUT2D eigenvalue weighted by molar-refractivity contribution is 5.85. The van der Waals surface area contributed by atoms with Crippen molar-refractivity contribution in [3.63, 3.8) is 0 Å². The van der Waals surface area contributed by atoms with Crippen molar-refractivity contribution >= 4 is 18.3 Å². The van der Waals surface area contributed by atoms with Gasteiger partial charge in [-0.15, -0.1) is 12.4 Å². The molecule has 0 aromatic carbocycles. The van der Waals surface area contributed by atoms with Crippen LogP contribution >= 0.6 is 12.4 Å². The summed E-state index contributed by atoms with van der Waals surface area (Å²) in [4.78, 5) is 11.6. The second kappa shape index (κ2) is 6.33. The molecule has 3 nitrogen and oxygen atoms in total. The summed E-state index contributed by atoms with van der Waals surface area (Å²) in [7, 11) is 0. The molecule has 1 saturated heterocycles. The molecule has 15 heavy (non-hydrogen) atoms. The monoisotopic (exact) mass is 232 g/mol. The van der Waals surface area contributed by atoms with Crippen LogP contribution in [-0.2, 0) is 4.79 Å². The van der Waals surface area contributed by atoms with E-state index in [-0.39, 0.29) is 18.3 Å². The fourth-order valence-corrected chi connectivity index (χ4v) is 2.19. The molecule has 2 fully saturated rings. The minimum atomic E-state index is 0. The zero-order chi connectivity index (χ0) is 9.80. The maximum Gasteiger partial charge on any atom is 0.220 e. The molecule has 0 aromatic rings. The molecule has 1 saturated carbocycles. The number of hydrogen-bond donors (Lipinski definition) is 2. The van der Waals surface area contributed by atoms with Crippen molar-refractivity contribution in [2.75, 3.05) is 13.1 Å². The Balaban J connectivity index is 0.00000112. The number of halogens is 1. The summed E-state index contributed by atoms with van der Waals surface area (Å²) in [5.41, 5.74) is 0. The number of carbonyl (C=O) groups excluding carboxylic acids is 1. The van der Waals surface area contributed by atoms with Crippen molar-refractivity contribution < 1.29 is 4.79 Å². The second-order valence-corrected chi connectivity index (χ2v) is 4.59. The van der Waals surface area contributed by atoms with Crippen LogP contribution in [0.25, 0.3) is 0 Å². The summed E-state index contributed by atoms with van der Waals surface area (Å²) in [5.74, 6) is 0.901. The van der Waals surface area contributed by atoms with E-state index in [4.69, 9.17) is 0 Å². The molecule has 1 aliphatic carbocycles. The van der Waals surface area contributed by atoms with Gasteiger partial charge in [0, 0.05) is 12.5 Å². The van der Waals surface area contributed by atoms with Gasteiger partial charge in [-0.05, 0) is 51.1 Å². The minimum absolute atomic E-state index is 0. The van der Waals surface area contributed by atoms with E-state index in [1.165, 1.54) is 19.3 Å². The highest BCUT2D eigenvalue weighted by Gasteiger charge is 2.22. The lowest BCUT2D eigenvalue weighted by molar-refractivity contribution is -0.123. The van der Waals surface area contributed by atoms with Gasteiger partial charge >= 0.3 is 0 Å². The molecular weight excluding hydrogens is 212 g/mol. The number of hydrogen-bond acceptors (Lipinski definition) is 2. The average Bonchev–Trinajstić information content (AvgIpc) is 2.13. The fourth-order valence-electron chi connectivity index (χ4n) is 2.19. The van der Waals surface area contributed by atoms with Crippen molar-refractivity contribution in [2.45, 2.75) is 44.6 Å². The van der Waals surface area contributed by atoms with Crippen molar-refractivity contribution in [3.8, 4) is 0 Å². The van der Waals surface area contributed by atoms with E-state index in [9.17, 15) is 4.79 Å². The van der Waals surface area contributed by atoms with Crippen molar-refractivity contribution in [1.29, 1.82) is 0 Å². The average molecular weight is 233 g/mol. The Morgan fingerprint density at radius 1 is 1.20 bits per heavy atom. The van der Waals surface area contributed by atoms with Gasteiger partial charge in [-0.25, -0.2) is 0 Å². The summed E-state index contributed by atoms with van der Waals surface area (Å²) >= 11 is 0. The number of amides is 1. The van der Waals surface area contributed by atoms with E-state index >= 15 is 0 Å². The van der Waals surface area contributed by atoms with Crippen molar-refractivity contribution in [3.05, 3.63) is 0 Å². The van der Waals surface area contributed by atoms with Gasteiger partial charge in [0.25, 0.3) is 0 Å². The van der Waals surface area contributed by atoms with Crippen molar-refractivity contribution in [1.82, 2.24) is 10.6 Å². The molecule has 2 N–H and O–H groups in total. The van der Waals surface area contributed by atoms with Crippen LogP contribution in [0.3, 0.4) is 0 Å². The quantitative estimate of drug-likeness (QED) is 0.774. The van der Waals surface area contributed by atoms with Gasteiger partial charge in [0.15, 0.2) is 0 Å². The van der Waals surface area contributed by atoms with Gasteiger partial charge < -0.3 is 10.6 Å². The summed E-state index contributed by atoms with van der Waals surface area (Å²) in [6, 6.07) is 0.504. The third-order valence-electron chi connectivity index (χ3n) is 3.40. The zero-order valence-corrected chi connectivity index (χ0v) is 9.94. The molecular formula is C11H21ClN2O. The predicted octanol–water partition coefficient (Wildman–Crippen LogP) is 1.47. The Hall–Kier alpha value is -0.280. The fraction of sp³-hybridized carbons (Fsp3) is 0.909. The first-order chi connectivity index (χ1) is 6.84. The summed E-state index contributed by atoms with van der Waals surface area (Å²) < 4.78 is 0. The Morgan fingerprint density at radius 3 is 2.40 bits per heavy atom. The van der Waals surface area contributed by atoms with Crippen LogP contribution in [0.2, 0.25) is 0 Å². The maximum absolute atomic E-state index is 11.6. The number of carbonyl (C=O) groups is 1. The predicted molar refractivity (Wildman–Crippen MR) is 63.2 cm³/mol. The largest absolute Gasteiger partial charge is 0.353 e. The first kappa shape index (κ1) is 12.8. The van der Waals surface area contributed by atoms with Crippen LogP contribution in [0.4, 0.5) is 0 Å². The lowest BCUT2D eigenvalue weighted by atomic mass is 9.91. The molecule has 1 aliphatic heterocycles. The van der Waals surface area contributed by atoms with Gasteiger partial charge in [0.05, 0.1) is 0 Å². The van der Waals surface area contributed by atoms with Crippen LogP contribution in [0.1, 0.15) is 38.5 Å². The molecule has 0 bridgehead atoms. The van der Waals surface area contributed by atoms with E-state index < -0.39 is 0 Å². The first-order valence-corrected chi connectivity index (χ1v) is 5.84. The molecule has 0 aromatic heterocycles. The summed E-state index contributed by atoms with van der Waals surface area (Å²) in [6.07, 6.45) is 6.75. The van der Waals surface area contributed by atoms with Crippen molar-refractivity contribution in [2.24, 2.45) is 5.92 Å². The number of rotatable bonds is 3. The molecule has 4 heteroatoms. The molecule has 1 heterocycles. The van der Waals surface area contributed by atoms with Crippen LogP contribution in [-0.4, -0.2) is 25.0 Å². The molecule has 1 amide bonds. The topological polar surface area (TPSA) is 41.1 Å². The second-order valence-electron chi connectivity index (χ2n) is 4.59. The zero-order valence-electron chi connectivity index (χ0n) is 9.13. The van der Waals surface area contributed by atoms with E-state index in [0.29, 0.717) is 12.0 Å². The Bertz CT molecular complexity index is 201. The number of nitrogens with one attached hydrogen (secondary N) is 2. The van der Waals surface area contributed by atoms with Gasteiger partial charge in [-0.1, -0.05) is 0 Å². The van der Waals surface area contributed by atoms with Crippen LogP contribution in [0.5, 0.6) is 0 Å². The highest BCUT2D eigenvalue weighted by Crippen LogP contribution is 2.20. The van der Waals surface area contributed by atoms with Crippen LogP contribution in [0, 0.1) is 5.92 Å². The van der Waals surface area contributed by atoms with Crippen LogP contribution in [0.15, 0.2) is 0 Å². The van der Waals surface area contributed by atoms with E-state index in [1.807, 2.05) is 0 Å². The Morgan fingerprint density at radius 2 is 1.87 bits per heavy atom. The third-order valence-corrected chi connectivity index (χ3v) is 3.40. The Labute approximate surface area is 97.8 Å². The molecule has 0 spiro atoms. The normalized spacial score (nSPS) is 22.7. The summed E-state index contributed by atoms with van der Waals surface area (Å²) in [6.45, 7) is 2.17. The molecule has 0 atom stereocenters. The smallest absolute Gasteiger partial charge is 0.220 e. The Kier molecular flexibility index (Phi) is 5.40. The molecule has 2 aliphatic rings. The lowest BCUT2D eigenvalue weighted by Gasteiger charge is -2.28. The molecule has 2 rings (SSSR count).